The first-order valence-corrected chi connectivity index (χ1v) is 4.75. The van der Waals surface area contributed by atoms with Crippen molar-refractivity contribution in [1.29, 1.82) is 0 Å². The van der Waals surface area contributed by atoms with Crippen molar-refractivity contribution in [2.24, 2.45) is 5.41 Å². The molecule has 0 aromatic carbocycles. The van der Waals surface area contributed by atoms with Crippen LogP contribution in [0.5, 0.6) is 0 Å². The van der Waals surface area contributed by atoms with E-state index < -0.39 is 0 Å². The molecule has 0 aromatic heterocycles. The number of rotatable bonds is 6. The van der Waals surface area contributed by atoms with Crippen LogP contribution in [0.2, 0.25) is 0 Å². The van der Waals surface area contributed by atoms with Gasteiger partial charge in [0.15, 0.2) is 0 Å². The van der Waals surface area contributed by atoms with Gasteiger partial charge < -0.3 is 0 Å². The molecule has 12 heavy (non-hydrogen) atoms. The molecule has 0 radical (unpaired) electrons. The van der Waals surface area contributed by atoms with E-state index in [1.54, 1.807) is 6.08 Å². The Kier molecular flexibility index (Phi) is 5.69. The first-order valence-electron chi connectivity index (χ1n) is 4.75. The fourth-order valence-corrected chi connectivity index (χ4v) is 1.21. The van der Waals surface area contributed by atoms with Crippen molar-refractivity contribution in [3.8, 4) is 0 Å². The molecule has 0 fully saturated rings. The maximum atomic E-state index is 10.1. The van der Waals surface area contributed by atoms with E-state index >= 15 is 0 Å². The minimum atomic E-state index is 0.191. The van der Waals surface area contributed by atoms with Gasteiger partial charge in [0.1, 0.15) is 6.29 Å². The first kappa shape index (κ1) is 11.4. The second-order valence-electron chi connectivity index (χ2n) is 3.94. The van der Waals surface area contributed by atoms with Crippen molar-refractivity contribution in [3.05, 3.63) is 12.2 Å². The molecule has 1 nitrogen and oxygen atoms in total. The zero-order valence-electron chi connectivity index (χ0n) is 8.47. The summed E-state index contributed by atoms with van der Waals surface area (Å²) in [5.74, 6) is 0. The van der Waals surface area contributed by atoms with E-state index in [4.69, 9.17) is 0 Å². The van der Waals surface area contributed by atoms with Crippen molar-refractivity contribution < 1.29 is 4.79 Å². The number of carbonyl (C=O) groups excluding carboxylic acids is 1. The van der Waals surface area contributed by atoms with Crippen LogP contribution in [0, 0.1) is 5.41 Å². The van der Waals surface area contributed by atoms with Crippen molar-refractivity contribution >= 4 is 6.29 Å². The van der Waals surface area contributed by atoms with Crippen molar-refractivity contribution in [2.45, 2.75) is 46.5 Å². The number of unbranched alkanes of at least 4 members (excludes halogenated alkanes) is 2. The van der Waals surface area contributed by atoms with Gasteiger partial charge in [-0.1, -0.05) is 46.1 Å². The molecular weight excluding hydrogens is 148 g/mol. The fourth-order valence-electron chi connectivity index (χ4n) is 1.21. The third-order valence-electron chi connectivity index (χ3n) is 2.05. The second-order valence-corrected chi connectivity index (χ2v) is 3.94. The monoisotopic (exact) mass is 168 g/mol. The topological polar surface area (TPSA) is 17.1 Å². The number of carbonyl (C=O) groups is 1. The Bertz CT molecular complexity index is 145. The van der Waals surface area contributed by atoms with Gasteiger partial charge in [0.25, 0.3) is 0 Å². The molecule has 0 amide bonds. The molecule has 0 atom stereocenters. The second kappa shape index (κ2) is 5.99. The molecule has 0 N–H and O–H groups in total. The smallest absolute Gasteiger partial charge is 0.142 e. The maximum absolute atomic E-state index is 10.1. The average molecular weight is 168 g/mol. The maximum Gasteiger partial charge on any atom is 0.142 e. The van der Waals surface area contributed by atoms with Crippen LogP contribution in [0.3, 0.4) is 0 Å². The minimum absolute atomic E-state index is 0.191. The first-order chi connectivity index (χ1) is 5.62. The van der Waals surface area contributed by atoms with Gasteiger partial charge in [-0.25, -0.2) is 0 Å². The quantitative estimate of drug-likeness (QED) is 0.338. The number of hydrogen-bond donors (Lipinski definition) is 0. The van der Waals surface area contributed by atoms with Crippen LogP contribution < -0.4 is 0 Å². The molecule has 0 aliphatic carbocycles. The van der Waals surface area contributed by atoms with E-state index in [-0.39, 0.29) is 5.41 Å². The third-order valence-corrected chi connectivity index (χ3v) is 2.05. The highest BCUT2D eigenvalue weighted by atomic mass is 16.1. The predicted molar refractivity (Wildman–Crippen MR) is 53.1 cm³/mol. The van der Waals surface area contributed by atoms with Crippen LogP contribution in [-0.2, 0) is 4.79 Å². The number of hydrogen-bond acceptors (Lipinski definition) is 1. The van der Waals surface area contributed by atoms with Gasteiger partial charge in [0.05, 0.1) is 0 Å². The molecule has 0 heterocycles. The lowest BCUT2D eigenvalue weighted by Crippen LogP contribution is -2.06. The summed E-state index contributed by atoms with van der Waals surface area (Å²) in [5, 5.41) is 0. The highest BCUT2D eigenvalue weighted by Crippen LogP contribution is 2.24. The van der Waals surface area contributed by atoms with Gasteiger partial charge in [0.2, 0.25) is 0 Å². The molecular formula is C11H20O. The van der Waals surface area contributed by atoms with Crippen LogP contribution in [0.15, 0.2) is 12.2 Å². The number of allylic oxidation sites excluding steroid dienone is 2. The molecule has 1 heteroatoms. The Morgan fingerprint density at radius 2 is 1.92 bits per heavy atom. The van der Waals surface area contributed by atoms with Crippen LogP contribution in [-0.4, -0.2) is 6.29 Å². The van der Waals surface area contributed by atoms with Crippen molar-refractivity contribution in [3.63, 3.8) is 0 Å². The molecule has 0 saturated carbocycles. The van der Waals surface area contributed by atoms with Crippen LogP contribution in [0.25, 0.3) is 0 Å². The Hall–Kier alpha value is -0.590. The van der Waals surface area contributed by atoms with Gasteiger partial charge >= 0.3 is 0 Å². The largest absolute Gasteiger partial charge is 0.299 e. The molecule has 0 saturated heterocycles. The van der Waals surface area contributed by atoms with E-state index in [1.165, 1.54) is 25.7 Å². The van der Waals surface area contributed by atoms with Gasteiger partial charge in [-0.2, -0.15) is 0 Å². The molecule has 0 aromatic rings. The summed E-state index contributed by atoms with van der Waals surface area (Å²) in [5.41, 5.74) is 0.191. The minimum Gasteiger partial charge on any atom is -0.299 e. The fraction of sp³-hybridized carbons (Fsp3) is 0.727. The molecule has 0 spiro atoms. The summed E-state index contributed by atoms with van der Waals surface area (Å²) in [7, 11) is 0. The molecule has 0 aliphatic heterocycles. The highest BCUT2D eigenvalue weighted by Gasteiger charge is 2.11. The molecule has 0 rings (SSSR count). The summed E-state index contributed by atoms with van der Waals surface area (Å²) in [6.45, 7) is 6.54. The summed E-state index contributed by atoms with van der Waals surface area (Å²) < 4.78 is 0. The molecule has 0 unspecified atom stereocenters. The predicted octanol–water partition coefficient (Wildman–Crippen LogP) is 3.35. The van der Waals surface area contributed by atoms with Crippen molar-refractivity contribution in [2.75, 3.05) is 0 Å². The summed E-state index contributed by atoms with van der Waals surface area (Å²) in [6.07, 6.45) is 9.42. The molecule has 70 valence electrons. The lowest BCUT2D eigenvalue weighted by molar-refractivity contribution is -0.104. The standard InChI is InChI=1S/C11H20O/c1-4-5-6-8-11(2,3)9-7-10-12/h7,9-10H,4-6,8H2,1-3H3. The zero-order chi connectivity index (χ0) is 9.45. The SMILES string of the molecule is CCCCCC(C)(C)C=CC=O. The summed E-state index contributed by atoms with van der Waals surface area (Å²) >= 11 is 0. The Balaban J connectivity index is 3.70. The molecule has 0 bridgehead atoms. The summed E-state index contributed by atoms with van der Waals surface area (Å²) in [6, 6.07) is 0. The summed E-state index contributed by atoms with van der Waals surface area (Å²) in [4.78, 5) is 10.1. The van der Waals surface area contributed by atoms with E-state index in [1.807, 2.05) is 6.08 Å². The Morgan fingerprint density at radius 1 is 1.25 bits per heavy atom. The van der Waals surface area contributed by atoms with E-state index in [2.05, 4.69) is 20.8 Å². The van der Waals surface area contributed by atoms with E-state index in [0.29, 0.717) is 0 Å². The van der Waals surface area contributed by atoms with Gasteiger partial charge in [-0.3, -0.25) is 4.79 Å². The lowest BCUT2D eigenvalue weighted by atomic mass is 9.86. The van der Waals surface area contributed by atoms with Gasteiger partial charge in [0, 0.05) is 0 Å². The van der Waals surface area contributed by atoms with Gasteiger partial charge in [-0.15, -0.1) is 0 Å². The average Bonchev–Trinajstić information content (AvgIpc) is 2.01. The number of aldehydes is 1. The van der Waals surface area contributed by atoms with Crippen molar-refractivity contribution in [1.82, 2.24) is 0 Å². The Morgan fingerprint density at radius 3 is 2.42 bits per heavy atom. The molecule has 0 aliphatic rings. The van der Waals surface area contributed by atoms with E-state index in [0.717, 1.165) is 6.29 Å². The van der Waals surface area contributed by atoms with E-state index in [9.17, 15) is 4.79 Å². The van der Waals surface area contributed by atoms with Gasteiger partial charge in [-0.05, 0) is 17.9 Å². The Labute approximate surface area is 75.9 Å². The normalized spacial score (nSPS) is 12.2. The zero-order valence-corrected chi connectivity index (χ0v) is 8.47. The van der Waals surface area contributed by atoms with Crippen LogP contribution >= 0.6 is 0 Å². The highest BCUT2D eigenvalue weighted by molar-refractivity contribution is 5.64. The lowest BCUT2D eigenvalue weighted by Gasteiger charge is -2.19. The van der Waals surface area contributed by atoms with Crippen LogP contribution in [0.4, 0.5) is 0 Å². The van der Waals surface area contributed by atoms with Crippen LogP contribution in [0.1, 0.15) is 46.5 Å². The third kappa shape index (κ3) is 6.14.